The number of carbonyl (C=O) groups is 2. The van der Waals surface area contributed by atoms with E-state index in [9.17, 15) is 23.6 Å². The number of amides is 1. The first kappa shape index (κ1) is 23.8. The molecular formula is C21H17F3N4O4S. The quantitative estimate of drug-likeness (QED) is 0.402. The Bertz CT molecular complexity index is 1340. The molecule has 0 aliphatic rings. The average molecular weight is 478 g/mol. The fourth-order valence-electron chi connectivity index (χ4n) is 2.99. The smallest absolute Gasteiger partial charge is 0.412 e. The van der Waals surface area contributed by atoms with Crippen LogP contribution in [-0.4, -0.2) is 29.8 Å². The number of fused-ring (bicyclic) bond motifs is 1. The first-order valence-corrected chi connectivity index (χ1v) is 10.1. The van der Waals surface area contributed by atoms with E-state index < -0.39 is 51.9 Å². The summed E-state index contributed by atoms with van der Waals surface area (Å²) in [5.74, 6) is -4.46. The Morgan fingerprint density at radius 1 is 1.24 bits per heavy atom. The van der Waals surface area contributed by atoms with Crippen molar-refractivity contribution < 1.29 is 32.2 Å². The number of hydrogen-bond donors (Lipinski definition) is 2. The van der Waals surface area contributed by atoms with Crippen molar-refractivity contribution in [1.82, 2.24) is 4.98 Å². The van der Waals surface area contributed by atoms with Gasteiger partial charge in [-0.25, -0.2) is 22.8 Å². The summed E-state index contributed by atoms with van der Waals surface area (Å²) >= 11 is 0.693. The number of benzene rings is 1. The van der Waals surface area contributed by atoms with Crippen LogP contribution in [0, 0.1) is 28.8 Å². The number of nitrogens with two attached hydrogens (primary N) is 1. The highest BCUT2D eigenvalue weighted by molar-refractivity contribution is 7.23. The highest BCUT2D eigenvalue weighted by atomic mass is 32.1. The monoisotopic (exact) mass is 478 g/mol. The average Bonchev–Trinajstić information content (AvgIpc) is 3.08. The summed E-state index contributed by atoms with van der Waals surface area (Å²) in [5.41, 5.74) is 2.07. The zero-order valence-electron chi connectivity index (χ0n) is 17.8. The maximum atomic E-state index is 15.1. The maximum absolute atomic E-state index is 15.1. The number of hydrogen-bond acceptors (Lipinski definition) is 8. The normalized spacial score (nSPS) is 11.2. The summed E-state index contributed by atoms with van der Waals surface area (Å²) in [4.78, 5) is 27.8. The Labute approximate surface area is 189 Å². The van der Waals surface area contributed by atoms with E-state index in [1.807, 2.05) is 6.07 Å². The van der Waals surface area contributed by atoms with E-state index in [4.69, 9.17) is 10.5 Å². The third kappa shape index (κ3) is 4.40. The second-order valence-corrected chi connectivity index (χ2v) is 8.72. The highest BCUT2D eigenvalue weighted by Gasteiger charge is 2.28. The zero-order valence-corrected chi connectivity index (χ0v) is 18.6. The molecular weight excluding hydrogens is 461 g/mol. The Morgan fingerprint density at radius 3 is 2.48 bits per heavy atom. The van der Waals surface area contributed by atoms with Crippen molar-refractivity contribution in [1.29, 1.82) is 5.26 Å². The van der Waals surface area contributed by atoms with Gasteiger partial charge >= 0.3 is 12.1 Å². The number of anilines is 2. The van der Waals surface area contributed by atoms with Gasteiger partial charge in [-0.3, -0.25) is 10.3 Å². The van der Waals surface area contributed by atoms with Gasteiger partial charge in [0.15, 0.2) is 11.6 Å². The molecule has 0 unspecified atom stereocenters. The second-order valence-electron chi connectivity index (χ2n) is 7.70. The van der Waals surface area contributed by atoms with Crippen molar-refractivity contribution in [3.05, 3.63) is 40.8 Å². The molecule has 0 radical (unpaired) electrons. The fraction of sp³-hybridized carbons (Fsp3) is 0.238. The molecule has 0 spiro atoms. The van der Waals surface area contributed by atoms with Crippen LogP contribution in [0.15, 0.2) is 12.3 Å². The van der Waals surface area contributed by atoms with Crippen LogP contribution in [0.25, 0.3) is 21.3 Å². The lowest BCUT2D eigenvalue weighted by molar-refractivity contribution is 0.0594. The number of nitrogens with one attached hydrogen (secondary N) is 1. The molecule has 12 heteroatoms. The molecule has 0 fully saturated rings. The number of methoxy groups -OCH3 is 1. The number of thiophene rings is 1. The van der Waals surface area contributed by atoms with Gasteiger partial charge in [-0.05, 0) is 26.8 Å². The Kier molecular flexibility index (Phi) is 6.20. The fourth-order valence-corrected chi connectivity index (χ4v) is 4.03. The summed E-state index contributed by atoms with van der Waals surface area (Å²) in [7, 11) is 0.974. The molecule has 0 bridgehead atoms. The van der Waals surface area contributed by atoms with Gasteiger partial charge in [0.25, 0.3) is 0 Å². The largest absolute Gasteiger partial charge is 0.465 e. The van der Waals surface area contributed by atoms with Crippen molar-refractivity contribution in [3.63, 3.8) is 0 Å². The standard InChI is InChI=1S/C21H17F3N4O4S/c1-21(2,3)32-20(30)28-18-9(6-25)12-16(27-7-11(23)17(12)33-18)8-5-10(22)13(19(29)31-4)15(26)14(8)24/h5,7H,26H2,1-4H3,(H,28,30). The lowest BCUT2D eigenvalue weighted by atomic mass is 10.0. The van der Waals surface area contributed by atoms with E-state index in [2.05, 4.69) is 15.0 Å². The van der Waals surface area contributed by atoms with E-state index in [0.29, 0.717) is 17.4 Å². The van der Waals surface area contributed by atoms with Crippen LogP contribution in [-0.2, 0) is 9.47 Å². The SMILES string of the molecule is COC(=O)c1c(F)cc(-c2ncc(F)c3sc(NC(=O)OC(C)(C)C)c(C#N)c23)c(F)c1N. The minimum absolute atomic E-state index is 0.0741. The van der Waals surface area contributed by atoms with Crippen LogP contribution in [0.3, 0.4) is 0 Å². The summed E-state index contributed by atoms with van der Waals surface area (Å²) in [6.45, 7) is 4.89. The number of ether oxygens (including phenoxy) is 2. The number of pyridine rings is 1. The predicted octanol–water partition coefficient (Wildman–Crippen LogP) is 4.97. The molecule has 3 rings (SSSR count). The van der Waals surface area contributed by atoms with E-state index in [1.165, 1.54) is 0 Å². The van der Waals surface area contributed by atoms with E-state index in [-0.39, 0.29) is 26.3 Å². The van der Waals surface area contributed by atoms with Gasteiger partial charge in [0, 0.05) is 10.9 Å². The number of nitrogens with zero attached hydrogens (tertiary/aromatic N) is 2. The van der Waals surface area contributed by atoms with Gasteiger partial charge in [-0.2, -0.15) is 5.26 Å². The van der Waals surface area contributed by atoms with Gasteiger partial charge in [0.1, 0.15) is 28.1 Å². The third-order valence-corrected chi connectivity index (χ3v) is 5.41. The topological polar surface area (TPSA) is 127 Å². The molecule has 0 aliphatic heterocycles. The van der Waals surface area contributed by atoms with Crippen molar-refractivity contribution in [2.75, 3.05) is 18.2 Å². The van der Waals surface area contributed by atoms with Gasteiger partial charge in [0.2, 0.25) is 0 Å². The molecule has 3 N–H and O–H groups in total. The Hall–Kier alpha value is -3.85. The molecule has 1 amide bonds. The van der Waals surface area contributed by atoms with Crippen molar-refractivity contribution >= 4 is 44.2 Å². The highest BCUT2D eigenvalue weighted by Crippen LogP contribution is 2.43. The van der Waals surface area contributed by atoms with Crippen molar-refractivity contribution in [2.45, 2.75) is 26.4 Å². The maximum Gasteiger partial charge on any atom is 0.412 e. The van der Waals surface area contributed by atoms with Crippen LogP contribution in [0.1, 0.15) is 36.7 Å². The van der Waals surface area contributed by atoms with Crippen LogP contribution < -0.4 is 11.1 Å². The number of rotatable bonds is 3. The molecule has 0 aliphatic carbocycles. The number of nitriles is 1. The van der Waals surface area contributed by atoms with Crippen LogP contribution in [0.4, 0.5) is 28.7 Å². The molecule has 2 heterocycles. The molecule has 33 heavy (non-hydrogen) atoms. The van der Waals surface area contributed by atoms with Crippen LogP contribution >= 0.6 is 11.3 Å². The number of carbonyl (C=O) groups excluding carboxylic acids is 2. The summed E-state index contributed by atoms with van der Waals surface area (Å²) in [6.07, 6.45) is -0.140. The van der Waals surface area contributed by atoms with Gasteiger partial charge in [-0.1, -0.05) is 0 Å². The first-order valence-electron chi connectivity index (χ1n) is 9.26. The van der Waals surface area contributed by atoms with Crippen LogP contribution in [0.5, 0.6) is 0 Å². The van der Waals surface area contributed by atoms with E-state index in [0.717, 1.165) is 13.3 Å². The van der Waals surface area contributed by atoms with Gasteiger partial charge < -0.3 is 15.2 Å². The summed E-state index contributed by atoms with van der Waals surface area (Å²) in [6, 6.07) is 2.47. The van der Waals surface area contributed by atoms with Crippen LogP contribution in [0.2, 0.25) is 0 Å². The van der Waals surface area contributed by atoms with Crippen molar-refractivity contribution in [2.24, 2.45) is 0 Å². The minimum atomic E-state index is -1.21. The summed E-state index contributed by atoms with van der Waals surface area (Å²) in [5, 5.41) is 11.8. The van der Waals surface area contributed by atoms with E-state index >= 15 is 4.39 Å². The van der Waals surface area contributed by atoms with Gasteiger partial charge in [0.05, 0.1) is 35.0 Å². The second kappa shape index (κ2) is 8.59. The summed E-state index contributed by atoms with van der Waals surface area (Å²) < 4.78 is 53.7. The Morgan fingerprint density at radius 2 is 1.91 bits per heavy atom. The minimum Gasteiger partial charge on any atom is -0.465 e. The molecule has 1 aromatic carbocycles. The Balaban J connectivity index is 2.26. The lowest BCUT2D eigenvalue weighted by Gasteiger charge is -2.19. The number of esters is 1. The third-order valence-electron chi connectivity index (χ3n) is 4.29. The van der Waals surface area contributed by atoms with Crippen molar-refractivity contribution in [3.8, 4) is 17.3 Å². The van der Waals surface area contributed by atoms with E-state index in [1.54, 1.807) is 20.8 Å². The zero-order chi connectivity index (χ0) is 24.7. The molecule has 0 saturated heterocycles. The first-order chi connectivity index (χ1) is 15.4. The number of aromatic nitrogens is 1. The van der Waals surface area contributed by atoms with Gasteiger partial charge in [-0.15, -0.1) is 11.3 Å². The molecule has 172 valence electrons. The molecule has 3 aromatic rings. The predicted molar refractivity (Wildman–Crippen MR) is 115 cm³/mol. The molecule has 0 atom stereocenters. The molecule has 2 aromatic heterocycles. The number of nitrogen functional groups attached to an aromatic ring is 1. The lowest BCUT2D eigenvalue weighted by Crippen LogP contribution is -2.27. The molecule has 8 nitrogen and oxygen atoms in total. The molecule has 0 saturated carbocycles. The number of halogens is 3.